The van der Waals surface area contributed by atoms with Gasteiger partial charge >= 0.3 is 0 Å². The number of rotatable bonds is 6. The zero-order chi connectivity index (χ0) is 15.3. The van der Waals surface area contributed by atoms with Crippen molar-refractivity contribution in [2.24, 2.45) is 11.3 Å². The SMILES string of the molecule is CC(C)CNCc1cc(F)cnc1N(C)CC(C)(C)C. The van der Waals surface area contributed by atoms with Gasteiger partial charge in [0.2, 0.25) is 0 Å². The Morgan fingerprint density at radius 3 is 2.55 bits per heavy atom. The summed E-state index contributed by atoms with van der Waals surface area (Å²) in [6.07, 6.45) is 1.29. The molecule has 20 heavy (non-hydrogen) atoms. The molecule has 0 aliphatic rings. The smallest absolute Gasteiger partial charge is 0.141 e. The molecule has 0 amide bonds. The first-order valence-electron chi connectivity index (χ1n) is 7.25. The lowest BCUT2D eigenvalue weighted by Gasteiger charge is -2.29. The summed E-state index contributed by atoms with van der Waals surface area (Å²) in [6.45, 7) is 13.3. The quantitative estimate of drug-likeness (QED) is 0.865. The molecule has 1 aromatic heterocycles. The van der Waals surface area contributed by atoms with E-state index in [2.05, 4.69) is 49.8 Å². The second-order valence-corrected chi connectivity index (χ2v) is 7.08. The van der Waals surface area contributed by atoms with Crippen LogP contribution in [0.2, 0.25) is 0 Å². The van der Waals surface area contributed by atoms with Crippen LogP contribution in [0, 0.1) is 17.2 Å². The molecule has 3 nitrogen and oxygen atoms in total. The molecule has 1 rings (SSSR count). The second-order valence-electron chi connectivity index (χ2n) is 7.08. The van der Waals surface area contributed by atoms with E-state index in [9.17, 15) is 4.39 Å². The van der Waals surface area contributed by atoms with E-state index in [0.717, 1.165) is 24.5 Å². The van der Waals surface area contributed by atoms with Crippen LogP contribution in [0.5, 0.6) is 0 Å². The van der Waals surface area contributed by atoms with Gasteiger partial charge in [-0.05, 0) is 23.9 Å². The van der Waals surface area contributed by atoms with Gasteiger partial charge in [0, 0.05) is 25.7 Å². The van der Waals surface area contributed by atoms with Crippen LogP contribution in [0.4, 0.5) is 10.2 Å². The third kappa shape index (κ3) is 5.87. The Bertz CT molecular complexity index is 424. The highest BCUT2D eigenvalue weighted by molar-refractivity contribution is 5.46. The zero-order valence-electron chi connectivity index (χ0n) is 13.6. The Kier molecular flexibility index (Phi) is 5.93. The molecule has 0 saturated carbocycles. The minimum Gasteiger partial charge on any atom is -0.359 e. The van der Waals surface area contributed by atoms with E-state index in [-0.39, 0.29) is 11.2 Å². The molecule has 4 heteroatoms. The van der Waals surface area contributed by atoms with Crippen LogP contribution in [0.25, 0.3) is 0 Å². The second kappa shape index (κ2) is 7.02. The van der Waals surface area contributed by atoms with Crippen molar-refractivity contribution in [1.82, 2.24) is 10.3 Å². The summed E-state index contributed by atoms with van der Waals surface area (Å²) in [5.41, 5.74) is 1.09. The van der Waals surface area contributed by atoms with E-state index in [1.165, 1.54) is 6.20 Å². The number of hydrogen-bond acceptors (Lipinski definition) is 3. The number of anilines is 1. The fourth-order valence-corrected chi connectivity index (χ4v) is 2.23. The molecule has 0 unspecified atom stereocenters. The third-order valence-corrected chi connectivity index (χ3v) is 2.85. The lowest BCUT2D eigenvalue weighted by Crippen LogP contribution is -2.31. The van der Waals surface area contributed by atoms with Crippen molar-refractivity contribution in [1.29, 1.82) is 0 Å². The maximum atomic E-state index is 13.4. The summed E-state index contributed by atoms with van der Waals surface area (Å²) in [6, 6.07) is 1.58. The molecule has 0 spiro atoms. The van der Waals surface area contributed by atoms with Crippen molar-refractivity contribution in [2.75, 3.05) is 25.0 Å². The first kappa shape index (κ1) is 16.9. The van der Waals surface area contributed by atoms with Gasteiger partial charge in [0.15, 0.2) is 0 Å². The molecular formula is C16H28FN3. The van der Waals surface area contributed by atoms with Gasteiger partial charge in [-0.25, -0.2) is 9.37 Å². The van der Waals surface area contributed by atoms with Gasteiger partial charge < -0.3 is 10.2 Å². The largest absolute Gasteiger partial charge is 0.359 e. The van der Waals surface area contributed by atoms with Crippen LogP contribution in [0.15, 0.2) is 12.3 Å². The summed E-state index contributed by atoms with van der Waals surface area (Å²) < 4.78 is 13.4. The normalized spacial score (nSPS) is 12.0. The summed E-state index contributed by atoms with van der Waals surface area (Å²) in [5.74, 6) is 1.16. The highest BCUT2D eigenvalue weighted by atomic mass is 19.1. The monoisotopic (exact) mass is 281 g/mol. The number of nitrogens with zero attached hydrogens (tertiary/aromatic N) is 2. The molecule has 1 aromatic rings. The fourth-order valence-electron chi connectivity index (χ4n) is 2.23. The number of halogens is 1. The van der Waals surface area contributed by atoms with E-state index in [1.54, 1.807) is 6.07 Å². The number of aromatic nitrogens is 1. The van der Waals surface area contributed by atoms with Gasteiger partial charge in [-0.15, -0.1) is 0 Å². The highest BCUT2D eigenvalue weighted by Gasteiger charge is 2.17. The molecule has 0 fully saturated rings. The van der Waals surface area contributed by atoms with Gasteiger partial charge in [-0.1, -0.05) is 34.6 Å². The molecule has 1 N–H and O–H groups in total. The lowest BCUT2D eigenvalue weighted by atomic mass is 9.96. The molecule has 0 aliphatic heterocycles. The molecule has 1 heterocycles. The predicted octanol–water partition coefficient (Wildman–Crippen LogP) is 3.45. The topological polar surface area (TPSA) is 28.2 Å². The van der Waals surface area contributed by atoms with E-state index in [4.69, 9.17) is 0 Å². The summed E-state index contributed by atoms with van der Waals surface area (Å²) in [5, 5.41) is 3.35. The van der Waals surface area contributed by atoms with Crippen molar-refractivity contribution in [3.63, 3.8) is 0 Å². The van der Waals surface area contributed by atoms with Gasteiger partial charge in [0.05, 0.1) is 6.20 Å². The molecule has 0 bridgehead atoms. The maximum absolute atomic E-state index is 13.4. The van der Waals surface area contributed by atoms with E-state index >= 15 is 0 Å². The average molecular weight is 281 g/mol. The Morgan fingerprint density at radius 1 is 1.35 bits per heavy atom. The van der Waals surface area contributed by atoms with E-state index in [0.29, 0.717) is 12.5 Å². The number of hydrogen-bond donors (Lipinski definition) is 1. The van der Waals surface area contributed by atoms with Crippen molar-refractivity contribution >= 4 is 5.82 Å². The van der Waals surface area contributed by atoms with Crippen LogP contribution in [-0.4, -0.2) is 25.1 Å². The first-order valence-corrected chi connectivity index (χ1v) is 7.25. The molecule has 0 saturated heterocycles. The summed E-state index contributed by atoms with van der Waals surface area (Å²) >= 11 is 0. The minimum atomic E-state index is -0.278. The fraction of sp³-hybridized carbons (Fsp3) is 0.688. The first-order chi connectivity index (χ1) is 9.19. The van der Waals surface area contributed by atoms with Crippen LogP contribution < -0.4 is 10.2 Å². The molecule has 0 aliphatic carbocycles. The minimum absolute atomic E-state index is 0.174. The molecule has 0 radical (unpaired) electrons. The van der Waals surface area contributed by atoms with Crippen LogP contribution in [0.1, 0.15) is 40.2 Å². The zero-order valence-corrected chi connectivity index (χ0v) is 13.6. The van der Waals surface area contributed by atoms with Crippen molar-refractivity contribution in [3.05, 3.63) is 23.6 Å². The summed E-state index contributed by atoms with van der Waals surface area (Å²) in [4.78, 5) is 6.37. The van der Waals surface area contributed by atoms with Gasteiger partial charge in [-0.2, -0.15) is 0 Å². The maximum Gasteiger partial charge on any atom is 0.141 e. The number of pyridine rings is 1. The molecule has 114 valence electrons. The predicted molar refractivity (Wildman–Crippen MR) is 83.5 cm³/mol. The number of nitrogens with one attached hydrogen (secondary N) is 1. The van der Waals surface area contributed by atoms with Crippen LogP contribution in [-0.2, 0) is 6.54 Å². The van der Waals surface area contributed by atoms with E-state index in [1.807, 2.05) is 7.05 Å². The molecular weight excluding hydrogens is 253 g/mol. The molecule has 0 aromatic carbocycles. The standard InChI is InChI=1S/C16H28FN3/c1-12(2)8-18-9-13-7-14(17)10-19-15(13)20(6)11-16(3,4)5/h7,10,12,18H,8-9,11H2,1-6H3. The van der Waals surface area contributed by atoms with Crippen molar-refractivity contribution in [2.45, 2.75) is 41.2 Å². The Morgan fingerprint density at radius 2 is 2.00 bits per heavy atom. The van der Waals surface area contributed by atoms with Crippen molar-refractivity contribution in [3.8, 4) is 0 Å². The molecule has 0 atom stereocenters. The Balaban J connectivity index is 2.83. The summed E-state index contributed by atoms with van der Waals surface area (Å²) in [7, 11) is 2.01. The van der Waals surface area contributed by atoms with E-state index < -0.39 is 0 Å². The van der Waals surface area contributed by atoms with Gasteiger partial charge in [-0.3, -0.25) is 0 Å². The Labute approximate surface area is 122 Å². The van der Waals surface area contributed by atoms with Gasteiger partial charge in [0.1, 0.15) is 11.6 Å². The highest BCUT2D eigenvalue weighted by Crippen LogP contribution is 2.22. The third-order valence-electron chi connectivity index (χ3n) is 2.85. The lowest BCUT2D eigenvalue weighted by molar-refractivity contribution is 0.417. The van der Waals surface area contributed by atoms with Crippen molar-refractivity contribution < 1.29 is 4.39 Å². The van der Waals surface area contributed by atoms with Crippen LogP contribution in [0.3, 0.4) is 0 Å². The van der Waals surface area contributed by atoms with Gasteiger partial charge in [0.25, 0.3) is 0 Å². The van der Waals surface area contributed by atoms with Crippen LogP contribution >= 0.6 is 0 Å². The Hall–Kier alpha value is -1.16. The average Bonchev–Trinajstić information content (AvgIpc) is 2.25.